The monoisotopic (exact) mass is 733 g/mol. The third-order valence-corrected chi connectivity index (χ3v) is 8.76. The summed E-state index contributed by atoms with van der Waals surface area (Å²) >= 11 is 3.46. The molecule has 228 valence electrons. The summed E-state index contributed by atoms with van der Waals surface area (Å²) in [4.78, 5) is 54.3. The molecule has 0 spiro atoms. The van der Waals surface area contributed by atoms with Crippen molar-refractivity contribution in [3.05, 3.63) is 117 Å². The summed E-state index contributed by atoms with van der Waals surface area (Å²) in [6.45, 7) is 0. The lowest BCUT2D eigenvalue weighted by molar-refractivity contribution is -0.121. The smallest absolute Gasteiger partial charge is 0.272 e. The van der Waals surface area contributed by atoms with Crippen LogP contribution < -0.4 is 25.0 Å². The van der Waals surface area contributed by atoms with Crippen LogP contribution in [0.2, 0.25) is 0 Å². The van der Waals surface area contributed by atoms with Crippen LogP contribution in [0.25, 0.3) is 6.08 Å². The number of hydrogen-bond donors (Lipinski definition) is 2. The molecule has 1 aliphatic rings. The number of anilines is 2. The van der Waals surface area contributed by atoms with Gasteiger partial charge in [0, 0.05) is 31.7 Å². The van der Waals surface area contributed by atoms with Crippen LogP contribution in [-0.4, -0.2) is 43.1 Å². The van der Waals surface area contributed by atoms with Crippen molar-refractivity contribution >= 4 is 75.4 Å². The topological polar surface area (TPSA) is 114 Å². The van der Waals surface area contributed by atoms with E-state index in [1.165, 1.54) is 37.0 Å². The molecule has 1 atom stereocenters. The second-order valence-corrected chi connectivity index (χ2v) is 12.3. The van der Waals surface area contributed by atoms with Crippen LogP contribution in [0.4, 0.5) is 11.4 Å². The molecular formula is C34H28IN3O6S. The first-order valence-corrected chi connectivity index (χ1v) is 15.7. The van der Waals surface area contributed by atoms with Gasteiger partial charge in [-0.25, -0.2) is 4.90 Å². The lowest BCUT2D eigenvalue weighted by Gasteiger charge is -2.15. The van der Waals surface area contributed by atoms with Crippen molar-refractivity contribution in [2.24, 2.45) is 0 Å². The van der Waals surface area contributed by atoms with Gasteiger partial charge in [-0.3, -0.25) is 19.2 Å². The van der Waals surface area contributed by atoms with Gasteiger partial charge in [-0.1, -0.05) is 30.3 Å². The van der Waals surface area contributed by atoms with E-state index in [4.69, 9.17) is 9.47 Å². The normalized spacial score (nSPS) is 14.7. The molecule has 0 bridgehead atoms. The van der Waals surface area contributed by atoms with Crippen molar-refractivity contribution in [1.82, 2.24) is 5.32 Å². The number of thioether (sulfide) groups is 1. The Morgan fingerprint density at radius 2 is 1.60 bits per heavy atom. The number of nitrogens with one attached hydrogen (secondary N) is 2. The van der Waals surface area contributed by atoms with E-state index in [1.54, 1.807) is 84.9 Å². The van der Waals surface area contributed by atoms with Gasteiger partial charge < -0.3 is 20.1 Å². The number of imide groups is 1. The SMILES string of the molecule is COc1cccc(/C=C(\NC(=O)c2ccccc2)C(=O)Nc2ccc(SC3CC(=O)N(c4ccc(I)cc4)C3=O)cc2)c1OC. The highest BCUT2D eigenvalue weighted by molar-refractivity contribution is 14.1. The van der Waals surface area contributed by atoms with Crippen molar-refractivity contribution in [2.45, 2.75) is 16.6 Å². The molecule has 5 rings (SSSR count). The summed E-state index contributed by atoms with van der Waals surface area (Å²) in [7, 11) is 3.00. The zero-order valence-corrected chi connectivity index (χ0v) is 27.3. The van der Waals surface area contributed by atoms with Crippen LogP contribution in [0.1, 0.15) is 22.3 Å². The number of amides is 4. The Labute approximate surface area is 278 Å². The maximum Gasteiger partial charge on any atom is 0.272 e. The molecule has 0 saturated carbocycles. The largest absolute Gasteiger partial charge is 0.493 e. The highest BCUT2D eigenvalue weighted by Crippen LogP contribution is 2.35. The molecule has 45 heavy (non-hydrogen) atoms. The molecule has 1 unspecified atom stereocenters. The molecule has 11 heteroatoms. The Balaban J connectivity index is 1.32. The number of hydrogen-bond acceptors (Lipinski definition) is 7. The summed E-state index contributed by atoms with van der Waals surface area (Å²) in [5, 5.41) is 4.98. The summed E-state index contributed by atoms with van der Waals surface area (Å²) in [6.07, 6.45) is 1.61. The third-order valence-electron chi connectivity index (χ3n) is 6.84. The number of benzene rings is 4. The molecule has 4 aromatic rings. The number of nitrogens with zero attached hydrogens (tertiary/aromatic N) is 1. The second kappa shape index (κ2) is 14.4. The lowest BCUT2D eigenvalue weighted by Crippen LogP contribution is -2.31. The number of carbonyl (C=O) groups excluding carboxylic acids is 4. The van der Waals surface area contributed by atoms with Gasteiger partial charge in [0.05, 0.1) is 25.2 Å². The molecular weight excluding hydrogens is 705 g/mol. The van der Waals surface area contributed by atoms with E-state index in [2.05, 4.69) is 33.2 Å². The van der Waals surface area contributed by atoms with Gasteiger partial charge in [0.25, 0.3) is 11.8 Å². The van der Waals surface area contributed by atoms with Gasteiger partial charge in [0.15, 0.2) is 11.5 Å². The standard InChI is InChI=1S/C34H28IN3O6S/c1-43-28-10-6-9-22(31(28)44-2)19-27(37-32(40)21-7-4-3-5-8-21)33(41)36-24-13-17-26(18-14-24)45-29-20-30(39)38(34(29)42)25-15-11-23(35)12-16-25/h3-19,29H,20H2,1-2H3,(H,36,41)(H,37,40)/b27-19-. The second-order valence-electron chi connectivity index (χ2n) is 9.79. The number of methoxy groups -OCH3 is 2. The Morgan fingerprint density at radius 3 is 2.27 bits per heavy atom. The molecule has 0 radical (unpaired) electrons. The van der Waals surface area contributed by atoms with Crippen LogP contribution in [0.5, 0.6) is 11.5 Å². The predicted molar refractivity (Wildman–Crippen MR) is 182 cm³/mol. The molecule has 0 aromatic heterocycles. The van der Waals surface area contributed by atoms with Gasteiger partial charge >= 0.3 is 0 Å². The average Bonchev–Trinajstić information content (AvgIpc) is 3.33. The van der Waals surface area contributed by atoms with Gasteiger partial charge in [0.2, 0.25) is 11.8 Å². The molecule has 1 aliphatic heterocycles. The van der Waals surface area contributed by atoms with E-state index >= 15 is 0 Å². The van der Waals surface area contributed by atoms with Crippen molar-refractivity contribution in [2.75, 3.05) is 24.4 Å². The predicted octanol–water partition coefficient (Wildman–Crippen LogP) is 6.14. The lowest BCUT2D eigenvalue weighted by atomic mass is 10.1. The van der Waals surface area contributed by atoms with Crippen molar-refractivity contribution < 1.29 is 28.7 Å². The van der Waals surface area contributed by atoms with Crippen LogP contribution >= 0.6 is 34.4 Å². The van der Waals surface area contributed by atoms with E-state index in [0.29, 0.717) is 34.0 Å². The van der Waals surface area contributed by atoms with Gasteiger partial charge in [-0.05, 0) is 95.4 Å². The minimum Gasteiger partial charge on any atom is -0.493 e. The van der Waals surface area contributed by atoms with Crippen LogP contribution in [0.3, 0.4) is 0 Å². The van der Waals surface area contributed by atoms with Crippen molar-refractivity contribution in [3.8, 4) is 11.5 Å². The van der Waals surface area contributed by atoms with Crippen LogP contribution in [0, 0.1) is 3.57 Å². The summed E-state index contributed by atoms with van der Waals surface area (Å²) in [5.41, 5.74) is 1.92. The number of halogens is 1. The Kier molecular flexibility index (Phi) is 10.2. The van der Waals surface area contributed by atoms with Crippen molar-refractivity contribution in [3.63, 3.8) is 0 Å². The molecule has 9 nitrogen and oxygen atoms in total. The van der Waals surface area contributed by atoms with Gasteiger partial charge in [-0.15, -0.1) is 11.8 Å². The molecule has 0 aliphatic carbocycles. The Hall–Kier alpha value is -4.62. The maximum absolute atomic E-state index is 13.5. The van der Waals surface area contributed by atoms with Gasteiger partial charge in [-0.2, -0.15) is 0 Å². The highest BCUT2D eigenvalue weighted by Gasteiger charge is 2.40. The quantitative estimate of drug-likeness (QED) is 0.114. The fraction of sp³-hybridized carbons (Fsp3) is 0.118. The summed E-state index contributed by atoms with van der Waals surface area (Å²) < 4.78 is 11.9. The van der Waals surface area contributed by atoms with E-state index < -0.39 is 17.1 Å². The maximum atomic E-state index is 13.5. The van der Waals surface area contributed by atoms with Gasteiger partial charge in [0.1, 0.15) is 5.70 Å². The number of carbonyl (C=O) groups is 4. The number of para-hydroxylation sites is 1. The fourth-order valence-corrected chi connectivity index (χ4v) is 6.07. The molecule has 1 heterocycles. The van der Waals surface area contributed by atoms with E-state index in [1.807, 2.05) is 12.1 Å². The molecule has 1 fully saturated rings. The average molecular weight is 734 g/mol. The zero-order valence-electron chi connectivity index (χ0n) is 24.3. The minimum atomic E-state index is -0.561. The molecule has 1 saturated heterocycles. The first-order chi connectivity index (χ1) is 21.8. The van der Waals surface area contributed by atoms with Crippen LogP contribution in [0.15, 0.2) is 108 Å². The van der Waals surface area contributed by atoms with Crippen molar-refractivity contribution in [1.29, 1.82) is 0 Å². The first kappa shape index (κ1) is 31.8. The number of rotatable bonds is 10. The third kappa shape index (κ3) is 7.55. The first-order valence-electron chi connectivity index (χ1n) is 13.8. The van der Waals surface area contributed by atoms with E-state index in [-0.39, 0.29) is 23.9 Å². The van der Waals surface area contributed by atoms with Crippen LogP contribution in [-0.2, 0) is 14.4 Å². The Morgan fingerprint density at radius 1 is 0.889 bits per heavy atom. The van der Waals surface area contributed by atoms with E-state index in [0.717, 1.165) is 8.47 Å². The Bertz CT molecular complexity index is 1760. The molecule has 4 aromatic carbocycles. The highest BCUT2D eigenvalue weighted by atomic mass is 127. The summed E-state index contributed by atoms with van der Waals surface area (Å²) in [6, 6.07) is 27.9. The fourth-order valence-electron chi connectivity index (χ4n) is 4.66. The molecule has 4 amide bonds. The molecule has 2 N–H and O–H groups in total. The van der Waals surface area contributed by atoms with E-state index in [9.17, 15) is 19.2 Å². The number of ether oxygens (including phenoxy) is 2. The zero-order chi connectivity index (χ0) is 31.9. The summed E-state index contributed by atoms with van der Waals surface area (Å²) in [5.74, 6) is -0.652. The minimum absolute atomic E-state index is 0.0142.